The summed E-state index contributed by atoms with van der Waals surface area (Å²) in [6.45, 7) is 7.28. The Bertz CT molecular complexity index is 234. The van der Waals surface area contributed by atoms with Crippen molar-refractivity contribution in [1.29, 1.82) is 0 Å². The van der Waals surface area contributed by atoms with Gasteiger partial charge in [-0.1, -0.05) is 0 Å². The number of nitrogens with one attached hydrogen (secondary N) is 1. The van der Waals surface area contributed by atoms with E-state index in [1.54, 1.807) is 0 Å². The Balaban J connectivity index is 2.16. The highest BCUT2D eigenvalue weighted by Gasteiger charge is 2.10. The summed E-state index contributed by atoms with van der Waals surface area (Å²) in [5.74, 6) is 1.30. The van der Waals surface area contributed by atoms with Crippen LogP contribution in [0.15, 0.2) is 4.99 Å². The Kier molecular flexibility index (Phi) is 5.15. The molecule has 1 aliphatic rings. The number of rotatable bonds is 5. The van der Waals surface area contributed by atoms with Crippen molar-refractivity contribution in [2.24, 2.45) is 4.99 Å². The van der Waals surface area contributed by atoms with Crippen LogP contribution < -0.4 is 5.32 Å². The van der Waals surface area contributed by atoms with E-state index in [4.69, 9.17) is 0 Å². The minimum atomic E-state index is 0.228. The van der Waals surface area contributed by atoms with Gasteiger partial charge in [0.15, 0.2) is 0 Å². The molecule has 1 aliphatic heterocycles. The van der Waals surface area contributed by atoms with E-state index in [9.17, 15) is 4.79 Å². The maximum absolute atomic E-state index is 11.6. The van der Waals surface area contributed by atoms with Crippen LogP contribution in [0.2, 0.25) is 0 Å². The zero-order valence-corrected chi connectivity index (χ0v) is 9.75. The minimum absolute atomic E-state index is 0.228. The molecule has 0 atom stereocenters. The monoisotopic (exact) mass is 211 g/mol. The first-order chi connectivity index (χ1) is 7.27. The molecule has 0 radical (unpaired) electrons. The van der Waals surface area contributed by atoms with Gasteiger partial charge in [0.05, 0.1) is 5.84 Å². The molecule has 0 saturated heterocycles. The molecule has 0 spiro atoms. The van der Waals surface area contributed by atoms with E-state index in [0.29, 0.717) is 13.0 Å². The van der Waals surface area contributed by atoms with Crippen molar-refractivity contribution in [3.05, 3.63) is 0 Å². The lowest BCUT2D eigenvalue weighted by atomic mass is 10.3. The highest BCUT2D eigenvalue weighted by atomic mass is 16.2. The van der Waals surface area contributed by atoms with Crippen LogP contribution in [0.25, 0.3) is 0 Å². The van der Waals surface area contributed by atoms with Crippen molar-refractivity contribution in [2.75, 3.05) is 26.2 Å². The van der Waals surface area contributed by atoms with Gasteiger partial charge < -0.3 is 10.2 Å². The first-order valence-electron chi connectivity index (χ1n) is 5.82. The van der Waals surface area contributed by atoms with Crippen molar-refractivity contribution in [2.45, 2.75) is 33.1 Å². The second kappa shape index (κ2) is 6.43. The SMILES string of the molecule is CCN(CC)C(=O)CCNC1=NCCC1. The summed E-state index contributed by atoms with van der Waals surface area (Å²) in [6.07, 6.45) is 2.76. The second-order valence-corrected chi connectivity index (χ2v) is 3.67. The third kappa shape index (κ3) is 3.90. The van der Waals surface area contributed by atoms with Crippen LogP contribution >= 0.6 is 0 Å². The Morgan fingerprint density at radius 3 is 2.73 bits per heavy atom. The second-order valence-electron chi connectivity index (χ2n) is 3.67. The molecule has 1 heterocycles. The quantitative estimate of drug-likeness (QED) is 0.738. The standard InChI is InChI=1S/C11H21N3O/c1-3-14(4-2)11(15)7-9-13-10-6-5-8-12-10/h3-9H2,1-2H3,(H,12,13). The zero-order chi connectivity index (χ0) is 11.1. The molecule has 4 nitrogen and oxygen atoms in total. The van der Waals surface area contributed by atoms with Crippen LogP contribution in [-0.2, 0) is 4.79 Å². The zero-order valence-electron chi connectivity index (χ0n) is 9.75. The van der Waals surface area contributed by atoms with Gasteiger partial charge in [0.1, 0.15) is 0 Å². The summed E-state index contributed by atoms with van der Waals surface area (Å²) >= 11 is 0. The number of carbonyl (C=O) groups is 1. The van der Waals surface area contributed by atoms with E-state index in [0.717, 1.165) is 38.3 Å². The molecule has 0 bridgehead atoms. The highest BCUT2D eigenvalue weighted by molar-refractivity contribution is 5.84. The largest absolute Gasteiger partial charge is 0.373 e. The average molecular weight is 211 g/mol. The topological polar surface area (TPSA) is 44.7 Å². The van der Waals surface area contributed by atoms with Crippen molar-refractivity contribution < 1.29 is 4.79 Å². The fourth-order valence-corrected chi connectivity index (χ4v) is 1.73. The van der Waals surface area contributed by atoms with Crippen LogP contribution in [0.5, 0.6) is 0 Å². The van der Waals surface area contributed by atoms with Crippen molar-refractivity contribution in [3.63, 3.8) is 0 Å². The first-order valence-corrected chi connectivity index (χ1v) is 5.82. The van der Waals surface area contributed by atoms with Crippen LogP contribution in [0.4, 0.5) is 0 Å². The Labute approximate surface area is 91.7 Å². The molecule has 1 amide bonds. The normalized spacial score (nSPS) is 14.9. The summed E-state index contributed by atoms with van der Waals surface area (Å²) in [5.41, 5.74) is 0. The lowest BCUT2D eigenvalue weighted by molar-refractivity contribution is -0.130. The first kappa shape index (κ1) is 12.0. The van der Waals surface area contributed by atoms with Gasteiger partial charge in [0.25, 0.3) is 0 Å². The predicted molar refractivity (Wildman–Crippen MR) is 62.1 cm³/mol. The van der Waals surface area contributed by atoms with Crippen molar-refractivity contribution in [1.82, 2.24) is 10.2 Å². The summed E-state index contributed by atoms with van der Waals surface area (Å²) in [5, 5.41) is 3.22. The molecule has 0 aromatic heterocycles. The molecular weight excluding hydrogens is 190 g/mol. The third-order valence-corrected chi connectivity index (χ3v) is 2.66. The highest BCUT2D eigenvalue weighted by Crippen LogP contribution is 2.01. The van der Waals surface area contributed by atoms with Gasteiger partial charge in [-0.05, 0) is 20.3 Å². The summed E-state index contributed by atoms with van der Waals surface area (Å²) in [7, 11) is 0. The molecule has 4 heteroatoms. The molecule has 86 valence electrons. The van der Waals surface area contributed by atoms with E-state index in [1.807, 2.05) is 18.7 Å². The van der Waals surface area contributed by atoms with E-state index in [2.05, 4.69) is 10.3 Å². The van der Waals surface area contributed by atoms with Gasteiger partial charge in [0, 0.05) is 39.0 Å². The third-order valence-electron chi connectivity index (χ3n) is 2.66. The molecule has 0 aromatic carbocycles. The Morgan fingerprint density at radius 1 is 1.47 bits per heavy atom. The molecule has 0 fully saturated rings. The lowest BCUT2D eigenvalue weighted by Gasteiger charge is -2.18. The lowest BCUT2D eigenvalue weighted by Crippen LogP contribution is -2.33. The molecular formula is C11H21N3O. The summed E-state index contributed by atoms with van der Waals surface area (Å²) in [6, 6.07) is 0. The van der Waals surface area contributed by atoms with Crippen LogP contribution in [0.1, 0.15) is 33.1 Å². The van der Waals surface area contributed by atoms with E-state index in [1.165, 1.54) is 0 Å². The number of hydrogen-bond donors (Lipinski definition) is 1. The average Bonchev–Trinajstić information content (AvgIpc) is 2.72. The number of hydrogen-bond acceptors (Lipinski definition) is 3. The molecule has 0 saturated carbocycles. The number of carbonyl (C=O) groups excluding carboxylic acids is 1. The van der Waals surface area contributed by atoms with Crippen molar-refractivity contribution in [3.8, 4) is 0 Å². The number of nitrogens with zero attached hydrogens (tertiary/aromatic N) is 2. The Morgan fingerprint density at radius 2 is 2.20 bits per heavy atom. The molecule has 15 heavy (non-hydrogen) atoms. The van der Waals surface area contributed by atoms with Gasteiger partial charge in [-0.2, -0.15) is 0 Å². The predicted octanol–water partition coefficient (Wildman–Crippen LogP) is 1.03. The number of aliphatic imine (C=N–C) groups is 1. The van der Waals surface area contributed by atoms with Gasteiger partial charge in [-0.25, -0.2) is 0 Å². The summed E-state index contributed by atoms with van der Waals surface area (Å²) in [4.78, 5) is 17.8. The molecule has 0 aromatic rings. The van der Waals surface area contributed by atoms with E-state index >= 15 is 0 Å². The van der Waals surface area contributed by atoms with Gasteiger partial charge in [-0.15, -0.1) is 0 Å². The maximum atomic E-state index is 11.6. The molecule has 1 rings (SSSR count). The smallest absolute Gasteiger partial charge is 0.224 e. The minimum Gasteiger partial charge on any atom is -0.373 e. The molecule has 0 aliphatic carbocycles. The van der Waals surface area contributed by atoms with Crippen molar-refractivity contribution >= 4 is 11.7 Å². The maximum Gasteiger partial charge on any atom is 0.224 e. The van der Waals surface area contributed by atoms with Gasteiger partial charge >= 0.3 is 0 Å². The summed E-state index contributed by atoms with van der Waals surface area (Å²) < 4.78 is 0. The van der Waals surface area contributed by atoms with Crippen LogP contribution in [0, 0.1) is 0 Å². The van der Waals surface area contributed by atoms with Crippen LogP contribution in [-0.4, -0.2) is 42.8 Å². The number of amides is 1. The van der Waals surface area contributed by atoms with E-state index in [-0.39, 0.29) is 5.91 Å². The van der Waals surface area contributed by atoms with E-state index < -0.39 is 0 Å². The Hall–Kier alpha value is -1.06. The fraction of sp³-hybridized carbons (Fsp3) is 0.818. The van der Waals surface area contributed by atoms with Gasteiger partial charge in [0.2, 0.25) is 5.91 Å². The molecule has 1 N–H and O–H groups in total. The van der Waals surface area contributed by atoms with Crippen LogP contribution in [0.3, 0.4) is 0 Å². The van der Waals surface area contributed by atoms with Gasteiger partial charge in [-0.3, -0.25) is 9.79 Å². The number of amidine groups is 1. The fourth-order valence-electron chi connectivity index (χ4n) is 1.73. The molecule has 0 unspecified atom stereocenters.